The minimum absolute atomic E-state index is 0.107. The molecule has 3 heterocycles. The van der Waals surface area contributed by atoms with Crippen LogP contribution in [-0.4, -0.2) is 35.1 Å². The molecule has 1 unspecified atom stereocenters. The van der Waals surface area contributed by atoms with Crippen LogP contribution in [0.1, 0.15) is 5.56 Å². The first-order valence-electron chi connectivity index (χ1n) is 8.03. The van der Waals surface area contributed by atoms with Gasteiger partial charge in [-0.05, 0) is 29.4 Å². The zero-order chi connectivity index (χ0) is 18.8. The Morgan fingerprint density at radius 2 is 2.26 bits per heavy atom. The minimum Gasteiger partial charge on any atom is -0.471 e. The van der Waals surface area contributed by atoms with Crippen molar-refractivity contribution in [1.82, 2.24) is 9.72 Å². The molecule has 1 fully saturated rings. The Morgan fingerprint density at radius 3 is 2.96 bits per heavy atom. The fraction of sp³-hybridized carbons (Fsp3) is 0.167. The van der Waals surface area contributed by atoms with Crippen molar-refractivity contribution in [3.63, 3.8) is 0 Å². The predicted octanol–water partition coefficient (Wildman–Crippen LogP) is 2.88. The third-order valence-electron chi connectivity index (χ3n) is 4.05. The summed E-state index contributed by atoms with van der Waals surface area (Å²) in [7, 11) is 0. The van der Waals surface area contributed by atoms with Gasteiger partial charge in [-0.2, -0.15) is 5.26 Å². The standard InChI is InChI=1S/C18H13FN4O4/c19-15-7-13(1-2-16(15)22-5-3-12(8-20)9-22)23-10-14(27-18(23)24)11-25-17-4-6-26-21-17/h1-7,9,14H,10-11H2. The number of cyclic esters (lactones) is 1. The van der Waals surface area contributed by atoms with E-state index in [0.717, 1.165) is 0 Å². The van der Waals surface area contributed by atoms with E-state index in [1.165, 1.54) is 28.0 Å². The molecule has 1 saturated heterocycles. The Balaban J connectivity index is 1.47. The van der Waals surface area contributed by atoms with E-state index in [-0.39, 0.29) is 18.8 Å². The van der Waals surface area contributed by atoms with Gasteiger partial charge in [-0.1, -0.05) is 0 Å². The van der Waals surface area contributed by atoms with Gasteiger partial charge in [-0.15, -0.1) is 0 Å². The number of carbonyl (C=O) groups is 1. The van der Waals surface area contributed by atoms with E-state index in [1.807, 2.05) is 6.07 Å². The van der Waals surface area contributed by atoms with Crippen LogP contribution in [0.4, 0.5) is 14.9 Å². The van der Waals surface area contributed by atoms with Gasteiger partial charge in [-0.25, -0.2) is 9.18 Å². The van der Waals surface area contributed by atoms with Gasteiger partial charge in [0.1, 0.15) is 24.8 Å². The van der Waals surface area contributed by atoms with Crippen LogP contribution in [0.3, 0.4) is 0 Å². The van der Waals surface area contributed by atoms with Crippen molar-refractivity contribution < 1.29 is 23.2 Å². The largest absolute Gasteiger partial charge is 0.471 e. The first kappa shape index (κ1) is 16.7. The van der Waals surface area contributed by atoms with E-state index in [1.54, 1.807) is 30.5 Å². The number of ether oxygens (including phenoxy) is 2. The minimum atomic E-state index is -0.580. The van der Waals surface area contributed by atoms with Crippen molar-refractivity contribution in [3.8, 4) is 17.6 Å². The van der Waals surface area contributed by atoms with Gasteiger partial charge in [-0.3, -0.25) is 4.90 Å². The molecule has 0 bridgehead atoms. The molecule has 27 heavy (non-hydrogen) atoms. The van der Waals surface area contributed by atoms with Gasteiger partial charge < -0.3 is 18.6 Å². The summed E-state index contributed by atoms with van der Waals surface area (Å²) in [5.41, 5.74) is 1.08. The molecule has 1 atom stereocenters. The van der Waals surface area contributed by atoms with Crippen LogP contribution in [-0.2, 0) is 4.74 Å². The average molecular weight is 368 g/mol. The molecule has 2 aromatic heterocycles. The van der Waals surface area contributed by atoms with Gasteiger partial charge in [0, 0.05) is 18.5 Å². The highest BCUT2D eigenvalue weighted by molar-refractivity contribution is 5.89. The highest BCUT2D eigenvalue weighted by Gasteiger charge is 2.33. The van der Waals surface area contributed by atoms with Crippen LogP contribution in [0.2, 0.25) is 0 Å². The number of hydrogen-bond acceptors (Lipinski definition) is 6. The van der Waals surface area contributed by atoms with Crippen molar-refractivity contribution in [2.24, 2.45) is 0 Å². The maximum atomic E-state index is 14.5. The van der Waals surface area contributed by atoms with Crippen molar-refractivity contribution in [1.29, 1.82) is 5.26 Å². The maximum absolute atomic E-state index is 14.5. The van der Waals surface area contributed by atoms with Crippen molar-refractivity contribution in [3.05, 3.63) is 60.4 Å². The van der Waals surface area contributed by atoms with Gasteiger partial charge >= 0.3 is 6.09 Å². The molecule has 0 aliphatic carbocycles. The second-order valence-corrected chi connectivity index (χ2v) is 5.82. The zero-order valence-electron chi connectivity index (χ0n) is 13.9. The fourth-order valence-electron chi connectivity index (χ4n) is 2.76. The molecule has 0 radical (unpaired) electrons. The third kappa shape index (κ3) is 3.32. The summed E-state index contributed by atoms with van der Waals surface area (Å²) < 4.78 is 31.3. The second-order valence-electron chi connectivity index (χ2n) is 5.82. The van der Waals surface area contributed by atoms with Gasteiger partial charge in [0.25, 0.3) is 5.88 Å². The summed E-state index contributed by atoms with van der Waals surface area (Å²) >= 11 is 0. The van der Waals surface area contributed by atoms with Crippen LogP contribution in [0, 0.1) is 17.1 Å². The molecule has 4 rings (SSSR count). The van der Waals surface area contributed by atoms with Crippen LogP contribution < -0.4 is 9.64 Å². The van der Waals surface area contributed by atoms with E-state index < -0.39 is 18.0 Å². The quantitative estimate of drug-likeness (QED) is 0.687. The first-order valence-corrected chi connectivity index (χ1v) is 8.03. The number of carbonyl (C=O) groups excluding carboxylic acids is 1. The number of nitriles is 1. The normalized spacial score (nSPS) is 16.2. The number of halogens is 1. The Hall–Kier alpha value is -3.80. The van der Waals surface area contributed by atoms with Crippen molar-refractivity contribution >= 4 is 11.8 Å². The molecule has 136 valence electrons. The summed E-state index contributed by atoms with van der Waals surface area (Å²) in [4.78, 5) is 13.4. The third-order valence-corrected chi connectivity index (χ3v) is 4.05. The Kier molecular flexibility index (Phi) is 4.22. The monoisotopic (exact) mass is 368 g/mol. The average Bonchev–Trinajstić information content (AvgIpc) is 3.41. The van der Waals surface area contributed by atoms with Gasteiger partial charge in [0.15, 0.2) is 6.10 Å². The van der Waals surface area contributed by atoms with Crippen LogP contribution >= 0.6 is 0 Å². The van der Waals surface area contributed by atoms with E-state index in [0.29, 0.717) is 17.1 Å². The van der Waals surface area contributed by atoms with Crippen molar-refractivity contribution in [2.75, 3.05) is 18.1 Å². The number of nitrogens with zero attached hydrogens (tertiary/aromatic N) is 4. The number of benzene rings is 1. The van der Waals surface area contributed by atoms with Crippen LogP contribution in [0.25, 0.3) is 5.69 Å². The molecule has 0 saturated carbocycles. The second kappa shape index (κ2) is 6.84. The number of rotatable bonds is 5. The lowest BCUT2D eigenvalue weighted by Crippen LogP contribution is -2.26. The Morgan fingerprint density at radius 1 is 1.37 bits per heavy atom. The van der Waals surface area contributed by atoms with E-state index in [4.69, 9.17) is 14.7 Å². The van der Waals surface area contributed by atoms with E-state index in [9.17, 15) is 9.18 Å². The molecule has 1 aromatic carbocycles. The maximum Gasteiger partial charge on any atom is 0.414 e. The lowest BCUT2D eigenvalue weighted by Gasteiger charge is -2.14. The van der Waals surface area contributed by atoms with Crippen LogP contribution in [0.15, 0.2) is 53.5 Å². The lowest BCUT2D eigenvalue weighted by atomic mass is 10.2. The molecule has 1 amide bonds. The summed E-state index contributed by atoms with van der Waals surface area (Å²) in [6, 6.07) is 9.53. The van der Waals surface area contributed by atoms with E-state index in [2.05, 4.69) is 9.68 Å². The number of hydrogen-bond donors (Lipinski definition) is 0. The number of amides is 1. The summed E-state index contributed by atoms with van der Waals surface area (Å²) in [6.07, 6.45) is 3.40. The smallest absolute Gasteiger partial charge is 0.414 e. The molecular weight excluding hydrogens is 355 g/mol. The molecule has 0 spiro atoms. The first-order chi connectivity index (χ1) is 13.1. The van der Waals surface area contributed by atoms with Crippen molar-refractivity contribution in [2.45, 2.75) is 6.10 Å². The summed E-state index contributed by atoms with van der Waals surface area (Å²) in [6.45, 7) is 0.327. The predicted molar refractivity (Wildman–Crippen MR) is 90.1 cm³/mol. The molecule has 1 aliphatic heterocycles. The topological polar surface area (TPSA) is 93.5 Å². The molecule has 9 heteroatoms. The highest BCUT2D eigenvalue weighted by Crippen LogP contribution is 2.26. The summed E-state index contributed by atoms with van der Waals surface area (Å²) in [5, 5.41) is 12.5. The number of aromatic nitrogens is 2. The van der Waals surface area contributed by atoms with E-state index >= 15 is 0 Å². The molecule has 8 nitrogen and oxygen atoms in total. The Bertz CT molecular complexity index is 1010. The Labute approximate surface area is 152 Å². The molecular formula is C18H13FN4O4. The highest BCUT2D eigenvalue weighted by atomic mass is 19.1. The molecule has 1 aliphatic rings. The number of anilines is 1. The van der Waals surface area contributed by atoms with Gasteiger partial charge in [0.2, 0.25) is 0 Å². The van der Waals surface area contributed by atoms with Crippen LogP contribution in [0.5, 0.6) is 5.88 Å². The van der Waals surface area contributed by atoms with Gasteiger partial charge in [0.05, 0.1) is 23.5 Å². The fourth-order valence-corrected chi connectivity index (χ4v) is 2.76. The SMILES string of the molecule is N#Cc1ccn(-c2ccc(N3CC(COc4ccon4)OC3=O)cc2F)c1. The molecule has 0 N–H and O–H groups in total. The summed E-state index contributed by atoms with van der Waals surface area (Å²) in [5.74, 6) is -0.231. The molecule has 3 aromatic rings. The lowest BCUT2D eigenvalue weighted by molar-refractivity contribution is 0.102. The zero-order valence-corrected chi connectivity index (χ0v) is 13.9.